The van der Waals surface area contributed by atoms with Crippen molar-refractivity contribution in [3.8, 4) is 11.1 Å². The summed E-state index contributed by atoms with van der Waals surface area (Å²) in [5.74, 6) is 0.0165. The highest BCUT2D eigenvalue weighted by molar-refractivity contribution is 7.99. The van der Waals surface area contributed by atoms with Crippen molar-refractivity contribution in [2.75, 3.05) is 11.1 Å². The Bertz CT molecular complexity index is 1240. The van der Waals surface area contributed by atoms with E-state index in [0.717, 1.165) is 23.2 Å². The van der Waals surface area contributed by atoms with Crippen LogP contribution >= 0.6 is 11.8 Å². The zero-order valence-electron chi connectivity index (χ0n) is 16.8. The summed E-state index contributed by atoms with van der Waals surface area (Å²) in [6, 6.07) is 17.6. The van der Waals surface area contributed by atoms with Gasteiger partial charge >= 0.3 is 0 Å². The molecule has 152 valence electrons. The molecule has 0 unspecified atom stereocenters. The number of nitrogens with one attached hydrogen (secondary N) is 2. The fourth-order valence-electron chi connectivity index (χ4n) is 3.24. The molecule has 2 aromatic heterocycles. The third kappa shape index (κ3) is 4.02. The normalized spacial score (nSPS) is 11.0. The number of aromatic amines is 1. The van der Waals surface area contributed by atoms with E-state index >= 15 is 0 Å². The minimum absolute atomic E-state index is 0.143. The Balaban J connectivity index is 1.55. The SMILES string of the molecule is CCc1ccc(NC(=O)CSc2nc3c(-c4ccccc4)c[nH]c3c(=O)n2C)cc1. The molecule has 0 bridgehead atoms. The highest BCUT2D eigenvalue weighted by Crippen LogP contribution is 2.27. The molecule has 2 heterocycles. The van der Waals surface area contributed by atoms with Crippen molar-refractivity contribution in [2.24, 2.45) is 7.05 Å². The summed E-state index contributed by atoms with van der Waals surface area (Å²) in [5, 5.41) is 3.39. The van der Waals surface area contributed by atoms with Crippen molar-refractivity contribution in [3.63, 3.8) is 0 Å². The zero-order valence-corrected chi connectivity index (χ0v) is 17.6. The zero-order chi connectivity index (χ0) is 21.1. The van der Waals surface area contributed by atoms with Crippen LogP contribution in [-0.4, -0.2) is 26.2 Å². The predicted octanol–water partition coefficient (Wildman–Crippen LogP) is 4.22. The van der Waals surface area contributed by atoms with Crippen molar-refractivity contribution in [1.82, 2.24) is 14.5 Å². The molecule has 0 fully saturated rings. The lowest BCUT2D eigenvalue weighted by Crippen LogP contribution is -2.21. The summed E-state index contributed by atoms with van der Waals surface area (Å²) >= 11 is 1.24. The van der Waals surface area contributed by atoms with E-state index in [0.29, 0.717) is 16.2 Å². The molecule has 4 rings (SSSR count). The first kappa shape index (κ1) is 20.0. The number of anilines is 1. The highest BCUT2D eigenvalue weighted by Gasteiger charge is 2.16. The number of H-pyrrole nitrogens is 1. The highest BCUT2D eigenvalue weighted by atomic mass is 32.2. The standard InChI is InChI=1S/C23H22N4O2S/c1-3-15-9-11-17(12-10-15)25-19(28)14-30-23-26-20-18(16-7-5-4-6-8-16)13-24-21(20)22(29)27(23)2/h4-13,24H,3,14H2,1-2H3,(H,25,28). The van der Waals surface area contributed by atoms with Crippen LogP contribution < -0.4 is 10.9 Å². The maximum atomic E-state index is 12.8. The number of hydrogen-bond acceptors (Lipinski definition) is 4. The quantitative estimate of drug-likeness (QED) is 0.363. The molecular weight excluding hydrogens is 396 g/mol. The summed E-state index contributed by atoms with van der Waals surface area (Å²) in [6.07, 6.45) is 2.76. The summed E-state index contributed by atoms with van der Waals surface area (Å²) in [6.45, 7) is 2.09. The summed E-state index contributed by atoms with van der Waals surface area (Å²) in [7, 11) is 1.67. The van der Waals surface area contributed by atoms with Gasteiger partial charge in [-0.1, -0.05) is 61.2 Å². The Labute approximate surface area is 178 Å². The van der Waals surface area contributed by atoms with E-state index in [1.165, 1.54) is 21.9 Å². The van der Waals surface area contributed by atoms with Gasteiger partial charge in [-0.25, -0.2) is 4.98 Å². The van der Waals surface area contributed by atoms with Crippen LogP contribution in [0.3, 0.4) is 0 Å². The first-order valence-electron chi connectivity index (χ1n) is 9.72. The molecular formula is C23H22N4O2S. The van der Waals surface area contributed by atoms with Crippen LogP contribution in [0.4, 0.5) is 5.69 Å². The van der Waals surface area contributed by atoms with Gasteiger partial charge in [-0.15, -0.1) is 0 Å². The van der Waals surface area contributed by atoms with Crippen LogP contribution in [0.25, 0.3) is 22.2 Å². The molecule has 1 amide bonds. The van der Waals surface area contributed by atoms with E-state index in [2.05, 4.69) is 22.2 Å². The van der Waals surface area contributed by atoms with Crippen LogP contribution in [0.5, 0.6) is 0 Å². The molecule has 0 atom stereocenters. The first-order valence-corrected chi connectivity index (χ1v) is 10.7. The van der Waals surface area contributed by atoms with Gasteiger partial charge in [0.2, 0.25) is 5.91 Å². The second-order valence-corrected chi connectivity index (χ2v) is 7.88. The summed E-state index contributed by atoms with van der Waals surface area (Å²) in [5.41, 5.74) is 4.73. The lowest BCUT2D eigenvalue weighted by molar-refractivity contribution is -0.113. The number of rotatable bonds is 6. The van der Waals surface area contributed by atoms with Crippen LogP contribution in [-0.2, 0) is 18.3 Å². The van der Waals surface area contributed by atoms with Crippen LogP contribution in [0.2, 0.25) is 0 Å². The van der Waals surface area contributed by atoms with Gasteiger partial charge in [0.05, 0.1) is 5.75 Å². The average molecular weight is 419 g/mol. The largest absolute Gasteiger partial charge is 0.355 e. The third-order valence-corrected chi connectivity index (χ3v) is 5.96. The van der Waals surface area contributed by atoms with Crippen molar-refractivity contribution < 1.29 is 4.79 Å². The van der Waals surface area contributed by atoms with Gasteiger partial charge in [-0.05, 0) is 29.7 Å². The van der Waals surface area contributed by atoms with E-state index in [4.69, 9.17) is 0 Å². The van der Waals surface area contributed by atoms with Gasteiger partial charge in [0.25, 0.3) is 5.56 Å². The Hall–Kier alpha value is -3.32. The number of fused-ring (bicyclic) bond motifs is 1. The van der Waals surface area contributed by atoms with E-state index in [-0.39, 0.29) is 17.2 Å². The fourth-order valence-corrected chi connectivity index (χ4v) is 4.00. The number of hydrogen-bond donors (Lipinski definition) is 2. The number of benzene rings is 2. The van der Waals surface area contributed by atoms with Gasteiger partial charge in [-0.3, -0.25) is 14.2 Å². The molecule has 30 heavy (non-hydrogen) atoms. The Morgan fingerprint density at radius 3 is 2.57 bits per heavy atom. The molecule has 6 nitrogen and oxygen atoms in total. The van der Waals surface area contributed by atoms with Gasteiger partial charge in [-0.2, -0.15) is 0 Å². The Morgan fingerprint density at radius 2 is 1.87 bits per heavy atom. The number of aryl methyl sites for hydroxylation is 1. The van der Waals surface area contributed by atoms with Crippen LogP contribution in [0, 0.1) is 0 Å². The first-order chi connectivity index (χ1) is 14.6. The lowest BCUT2D eigenvalue weighted by Gasteiger charge is -2.09. The molecule has 0 saturated carbocycles. The van der Waals surface area contributed by atoms with Gasteiger partial charge in [0.1, 0.15) is 11.0 Å². The average Bonchev–Trinajstić information content (AvgIpc) is 3.20. The van der Waals surface area contributed by atoms with Gasteiger partial charge in [0, 0.05) is 24.5 Å². The molecule has 0 aliphatic carbocycles. The number of aromatic nitrogens is 3. The van der Waals surface area contributed by atoms with Gasteiger partial charge in [0.15, 0.2) is 5.16 Å². The fraction of sp³-hybridized carbons (Fsp3) is 0.174. The second-order valence-electron chi connectivity index (χ2n) is 6.94. The maximum Gasteiger partial charge on any atom is 0.278 e. The van der Waals surface area contributed by atoms with Gasteiger partial charge < -0.3 is 10.3 Å². The molecule has 0 radical (unpaired) electrons. The summed E-state index contributed by atoms with van der Waals surface area (Å²) < 4.78 is 1.47. The molecule has 0 aliphatic heterocycles. The smallest absolute Gasteiger partial charge is 0.278 e. The Morgan fingerprint density at radius 1 is 1.13 bits per heavy atom. The van der Waals surface area contributed by atoms with E-state index in [9.17, 15) is 9.59 Å². The minimum atomic E-state index is -0.166. The Kier molecular flexibility index (Phi) is 5.72. The number of nitrogens with zero attached hydrogens (tertiary/aromatic N) is 2. The molecule has 0 saturated heterocycles. The van der Waals surface area contributed by atoms with Crippen LogP contribution in [0.15, 0.2) is 70.7 Å². The van der Waals surface area contributed by atoms with Crippen LogP contribution in [0.1, 0.15) is 12.5 Å². The molecule has 7 heteroatoms. The van der Waals surface area contributed by atoms with Crippen molar-refractivity contribution in [1.29, 1.82) is 0 Å². The molecule has 2 aromatic carbocycles. The van der Waals surface area contributed by atoms with Crippen molar-refractivity contribution >= 4 is 34.4 Å². The van der Waals surface area contributed by atoms with E-state index in [1.54, 1.807) is 13.2 Å². The molecule has 0 aliphatic rings. The monoisotopic (exact) mass is 418 g/mol. The van der Waals surface area contributed by atoms with Crippen molar-refractivity contribution in [3.05, 3.63) is 76.7 Å². The number of carbonyl (C=O) groups is 1. The van der Waals surface area contributed by atoms with Crippen molar-refractivity contribution in [2.45, 2.75) is 18.5 Å². The predicted molar refractivity (Wildman–Crippen MR) is 122 cm³/mol. The van der Waals surface area contributed by atoms with E-state index < -0.39 is 0 Å². The topological polar surface area (TPSA) is 79.8 Å². The minimum Gasteiger partial charge on any atom is -0.355 e. The molecule has 4 aromatic rings. The third-order valence-electron chi connectivity index (χ3n) is 4.93. The molecule has 0 spiro atoms. The number of thioether (sulfide) groups is 1. The number of amides is 1. The number of carbonyl (C=O) groups excluding carboxylic acids is 1. The van der Waals surface area contributed by atoms with E-state index in [1.807, 2.05) is 54.6 Å². The molecule has 2 N–H and O–H groups in total. The lowest BCUT2D eigenvalue weighted by atomic mass is 10.1. The second kappa shape index (κ2) is 8.59. The summed E-state index contributed by atoms with van der Waals surface area (Å²) in [4.78, 5) is 32.9. The maximum absolute atomic E-state index is 12.8.